The molecule has 0 saturated carbocycles. The van der Waals surface area contributed by atoms with Gasteiger partial charge in [0, 0.05) is 19.5 Å². The van der Waals surface area contributed by atoms with Crippen LogP contribution in [0.25, 0.3) is 11.0 Å². The molecular weight excluding hydrogens is 434 g/mol. The van der Waals surface area contributed by atoms with Gasteiger partial charge in [-0.15, -0.1) is 11.3 Å². The van der Waals surface area contributed by atoms with Crippen molar-refractivity contribution in [1.29, 1.82) is 0 Å². The summed E-state index contributed by atoms with van der Waals surface area (Å²) < 4.78 is 13.6. The lowest BCUT2D eigenvalue weighted by Gasteiger charge is -2.12. The lowest BCUT2D eigenvalue weighted by Crippen LogP contribution is -2.24. The Morgan fingerprint density at radius 1 is 1.00 bits per heavy atom. The summed E-state index contributed by atoms with van der Waals surface area (Å²) in [6.07, 6.45) is 3.58. The van der Waals surface area contributed by atoms with Crippen LogP contribution < -0.4 is 14.8 Å². The van der Waals surface area contributed by atoms with Crippen LogP contribution in [-0.2, 0) is 13.0 Å². The minimum atomic E-state index is -0.00597. The number of aryl methyl sites for hydroxylation is 2. The third-order valence-corrected chi connectivity index (χ3v) is 6.31. The van der Waals surface area contributed by atoms with E-state index < -0.39 is 0 Å². The van der Waals surface area contributed by atoms with E-state index in [1.807, 2.05) is 47.8 Å². The van der Waals surface area contributed by atoms with Crippen LogP contribution >= 0.6 is 11.3 Å². The van der Waals surface area contributed by atoms with Crippen molar-refractivity contribution >= 4 is 28.3 Å². The molecule has 1 N–H and O–H groups in total. The topological polar surface area (TPSA) is 65.4 Å². The SMILES string of the molecule is COc1ccccc1OCCCCn1c(CCCNC(=O)c2cccs2)nc2ccccc21. The molecule has 0 radical (unpaired) electrons. The van der Waals surface area contributed by atoms with Crippen molar-refractivity contribution in [3.8, 4) is 11.5 Å². The number of ether oxygens (including phenoxy) is 2. The first-order valence-corrected chi connectivity index (χ1v) is 12.2. The average Bonchev–Trinajstić information content (AvgIpc) is 3.50. The fourth-order valence-electron chi connectivity index (χ4n) is 3.80. The summed E-state index contributed by atoms with van der Waals surface area (Å²) in [5.74, 6) is 2.59. The highest BCUT2D eigenvalue weighted by Crippen LogP contribution is 2.26. The second-order valence-electron chi connectivity index (χ2n) is 7.71. The van der Waals surface area contributed by atoms with E-state index in [0.717, 1.165) is 65.5 Å². The van der Waals surface area contributed by atoms with Crippen molar-refractivity contribution < 1.29 is 14.3 Å². The zero-order valence-electron chi connectivity index (χ0n) is 18.8. The molecule has 0 aliphatic carbocycles. The number of thiophene rings is 1. The number of nitrogens with zero attached hydrogens (tertiary/aromatic N) is 2. The van der Waals surface area contributed by atoms with E-state index in [1.54, 1.807) is 7.11 Å². The number of carbonyl (C=O) groups excluding carboxylic acids is 1. The Bertz CT molecular complexity index is 1170. The zero-order chi connectivity index (χ0) is 22.9. The van der Waals surface area contributed by atoms with Gasteiger partial charge in [-0.2, -0.15) is 0 Å². The van der Waals surface area contributed by atoms with Crippen LogP contribution in [0.1, 0.15) is 34.8 Å². The van der Waals surface area contributed by atoms with Gasteiger partial charge in [0.1, 0.15) is 5.82 Å². The van der Waals surface area contributed by atoms with E-state index >= 15 is 0 Å². The molecule has 172 valence electrons. The summed E-state index contributed by atoms with van der Waals surface area (Å²) in [6.45, 7) is 2.15. The van der Waals surface area contributed by atoms with Gasteiger partial charge in [0.05, 0.1) is 29.6 Å². The molecule has 0 saturated heterocycles. The number of methoxy groups -OCH3 is 1. The second kappa shape index (κ2) is 11.5. The van der Waals surface area contributed by atoms with Gasteiger partial charge in [-0.3, -0.25) is 4.79 Å². The number of aromatic nitrogens is 2. The smallest absolute Gasteiger partial charge is 0.261 e. The number of carbonyl (C=O) groups is 1. The average molecular weight is 464 g/mol. The van der Waals surface area contributed by atoms with E-state index in [1.165, 1.54) is 11.3 Å². The number of nitrogens with one attached hydrogen (secondary N) is 1. The van der Waals surface area contributed by atoms with Crippen molar-refractivity contribution in [1.82, 2.24) is 14.9 Å². The first kappa shape index (κ1) is 22.9. The summed E-state index contributed by atoms with van der Waals surface area (Å²) >= 11 is 1.46. The summed E-state index contributed by atoms with van der Waals surface area (Å²) in [7, 11) is 1.65. The fraction of sp³-hybridized carbons (Fsp3) is 0.308. The minimum absolute atomic E-state index is 0.00597. The number of hydrogen-bond donors (Lipinski definition) is 1. The highest BCUT2D eigenvalue weighted by Gasteiger charge is 2.11. The minimum Gasteiger partial charge on any atom is -0.493 e. The monoisotopic (exact) mass is 463 g/mol. The number of fused-ring (bicyclic) bond motifs is 1. The Kier molecular flexibility index (Phi) is 7.98. The van der Waals surface area contributed by atoms with E-state index in [0.29, 0.717) is 13.2 Å². The molecule has 0 atom stereocenters. The molecule has 7 heteroatoms. The summed E-state index contributed by atoms with van der Waals surface area (Å²) in [4.78, 5) is 17.7. The molecule has 2 aromatic carbocycles. The largest absolute Gasteiger partial charge is 0.493 e. The lowest BCUT2D eigenvalue weighted by atomic mass is 10.2. The number of hydrogen-bond acceptors (Lipinski definition) is 5. The maximum atomic E-state index is 12.1. The summed E-state index contributed by atoms with van der Waals surface area (Å²) in [5.41, 5.74) is 2.17. The molecule has 4 aromatic rings. The Hall–Kier alpha value is -3.32. The van der Waals surface area contributed by atoms with Crippen LogP contribution in [0.4, 0.5) is 0 Å². The number of amides is 1. The molecule has 0 aliphatic rings. The molecular formula is C26H29N3O3S. The molecule has 0 aliphatic heterocycles. The molecule has 33 heavy (non-hydrogen) atoms. The number of rotatable bonds is 12. The van der Waals surface area contributed by atoms with Gasteiger partial charge in [0.2, 0.25) is 0 Å². The van der Waals surface area contributed by atoms with Gasteiger partial charge in [-0.05, 0) is 55.0 Å². The molecule has 4 rings (SSSR count). The quantitative estimate of drug-likeness (QED) is 0.289. The standard InChI is InChI=1S/C26H29N3O3S/c1-31-22-12-4-5-13-23(22)32-18-7-6-17-29-21-11-3-2-10-20(21)28-25(29)15-8-16-27-26(30)24-14-9-19-33-24/h2-5,9-14,19H,6-8,15-18H2,1H3,(H,27,30). The highest BCUT2D eigenvalue weighted by atomic mass is 32.1. The van der Waals surface area contributed by atoms with Gasteiger partial charge in [0.25, 0.3) is 5.91 Å². The molecule has 0 bridgehead atoms. The van der Waals surface area contributed by atoms with Crippen molar-refractivity contribution in [2.24, 2.45) is 0 Å². The van der Waals surface area contributed by atoms with Crippen LogP contribution in [0.3, 0.4) is 0 Å². The molecule has 0 unspecified atom stereocenters. The highest BCUT2D eigenvalue weighted by molar-refractivity contribution is 7.12. The Balaban J connectivity index is 1.30. The van der Waals surface area contributed by atoms with Crippen LogP contribution in [0.5, 0.6) is 11.5 Å². The van der Waals surface area contributed by atoms with E-state index in [9.17, 15) is 4.79 Å². The lowest BCUT2D eigenvalue weighted by molar-refractivity contribution is 0.0957. The molecule has 0 fully saturated rings. The normalized spacial score (nSPS) is 10.9. The molecule has 6 nitrogen and oxygen atoms in total. The van der Waals surface area contributed by atoms with E-state index in [-0.39, 0.29) is 5.91 Å². The van der Waals surface area contributed by atoms with E-state index in [4.69, 9.17) is 14.5 Å². The maximum absolute atomic E-state index is 12.1. The Labute approximate surface area is 198 Å². The van der Waals surface area contributed by atoms with Crippen LogP contribution in [0, 0.1) is 0 Å². The van der Waals surface area contributed by atoms with Gasteiger partial charge >= 0.3 is 0 Å². The second-order valence-corrected chi connectivity index (χ2v) is 8.66. The van der Waals surface area contributed by atoms with Gasteiger partial charge in [-0.1, -0.05) is 30.3 Å². The predicted molar refractivity (Wildman–Crippen MR) is 132 cm³/mol. The van der Waals surface area contributed by atoms with Crippen LogP contribution in [-0.4, -0.2) is 35.7 Å². The number of unbranched alkanes of at least 4 members (excludes halogenated alkanes) is 1. The van der Waals surface area contributed by atoms with Gasteiger partial charge < -0.3 is 19.4 Å². The molecule has 0 spiro atoms. The van der Waals surface area contributed by atoms with Crippen molar-refractivity contribution in [2.75, 3.05) is 20.3 Å². The van der Waals surface area contributed by atoms with Crippen molar-refractivity contribution in [3.05, 3.63) is 76.7 Å². The molecule has 2 aromatic heterocycles. The molecule has 1 amide bonds. The van der Waals surface area contributed by atoms with Gasteiger partial charge in [0.15, 0.2) is 11.5 Å². The fourth-order valence-corrected chi connectivity index (χ4v) is 4.44. The van der Waals surface area contributed by atoms with E-state index in [2.05, 4.69) is 28.1 Å². The maximum Gasteiger partial charge on any atom is 0.261 e. The Morgan fingerprint density at radius 3 is 2.64 bits per heavy atom. The Morgan fingerprint density at radius 2 is 1.82 bits per heavy atom. The first-order valence-electron chi connectivity index (χ1n) is 11.3. The van der Waals surface area contributed by atoms with Crippen LogP contribution in [0.15, 0.2) is 66.0 Å². The predicted octanol–water partition coefficient (Wildman–Crippen LogP) is 5.33. The summed E-state index contributed by atoms with van der Waals surface area (Å²) in [5, 5.41) is 4.92. The van der Waals surface area contributed by atoms with Crippen LogP contribution in [0.2, 0.25) is 0 Å². The van der Waals surface area contributed by atoms with Gasteiger partial charge in [-0.25, -0.2) is 4.98 Å². The number of imidazole rings is 1. The zero-order valence-corrected chi connectivity index (χ0v) is 19.6. The molecule has 2 heterocycles. The number of benzene rings is 2. The van der Waals surface area contributed by atoms with Crippen molar-refractivity contribution in [2.45, 2.75) is 32.2 Å². The third-order valence-electron chi connectivity index (χ3n) is 5.44. The first-order chi connectivity index (χ1) is 16.3. The summed E-state index contributed by atoms with van der Waals surface area (Å²) in [6, 6.07) is 19.7. The third kappa shape index (κ3) is 5.93. The number of para-hydroxylation sites is 4. The van der Waals surface area contributed by atoms with Crippen molar-refractivity contribution in [3.63, 3.8) is 0 Å².